The lowest BCUT2D eigenvalue weighted by atomic mass is 10.1. The SMILES string of the molecule is CC1(C)CC1NC(=O)c1cc(S(=O)(=O)Cl)c(Cl)cc1F. The Bertz CT molecular complexity index is 688. The first kappa shape index (κ1) is 15.5. The van der Waals surface area contributed by atoms with E-state index in [2.05, 4.69) is 5.32 Å². The first-order valence-electron chi connectivity index (χ1n) is 5.77. The standard InChI is InChI=1S/C12H12Cl2FNO3S/c1-12(2)5-10(12)16-11(17)6-3-9(20(14,18)19)7(13)4-8(6)15/h3-4,10H,5H2,1-2H3,(H,16,17). The first-order chi connectivity index (χ1) is 9.02. The van der Waals surface area contributed by atoms with Gasteiger partial charge in [0.2, 0.25) is 0 Å². The molecule has 1 saturated carbocycles. The molecule has 110 valence electrons. The van der Waals surface area contributed by atoms with E-state index in [0.717, 1.165) is 18.6 Å². The van der Waals surface area contributed by atoms with Crippen LogP contribution in [-0.4, -0.2) is 20.4 Å². The van der Waals surface area contributed by atoms with Gasteiger partial charge >= 0.3 is 0 Å². The second kappa shape index (κ2) is 4.86. The minimum absolute atomic E-state index is 0.0278. The van der Waals surface area contributed by atoms with Crippen molar-refractivity contribution in [2.75, 3.05) is 0 Å². The van der Waals surface area contributed by atoms with E-state index in [9.17, 15) is 17.6 Å². The molecule has 4 nitrogen and oxygen atoms in total. The lowest BCUT2D eigenvalue weighted by Gasteiger charge is -2.09. The van der Waals surface area contributed by atoms with Crippen LogP contribution in [0.3, 0.4) is 0 Å². The van der Waals surface area contributed by atoms with Gasteiger partial charge in [-0.25, -0.2) is 12.8 Å². The number of hydrogen-bond acceptors (Lipinski definition) is 3. The summed E-state index contributed by atoms with van der Waals surface area (Å²) in [7, 11) is 1.04. The zero-order valence-corrected chi connectivity index (χ0v) is 13.0. The topological polar surface area (TPSA) is 63.2 Å². The van der Waals surface area contributed by atoms with Gasteiger partial charge in [-0.2, -0.15) is 0 Å². The zero-order valence-electron chi connectivity index (χ0n) is 10.7. The molecule has 0 bridgehead atoms. The summed E-state index contributed by atoms with van der Waals surface area (Å²) in [5.41, 5.74) is -0.420. The molecule has 1 aromatic rings. The van der Waals surface area contributed by atoms with Crippen molar-refractivity contribution in [2.24, 2.45) is 5.41 Å². The monoisotopic (exact) mass is 339 g/mol. The van der Waals surface area contributed by atoms with Gasteiger partial charge < -0.3 is 5.32 Å². The van der Waals surface area contributed by atoms with E-state index in [1.54, 1.807) is 0 Å². The predicted molar refractivity (Wildman–Crippen MR) is 74.1 cm³/mol. The van der Waals surface area contributed by atoms with E-state index in [1.165, 1.54) is 0 Å². The van der Waals surface area contributed by atoms with Gasteiger partial charge in [-0.15, -0.1) is 0 Å². The molecule has 0 saturated heterocycles. The number of nitrogens with one attached hydrogen (secondary N) is 1. The van der Waals surface area contributed by atoms with Crippen LogP contribution < -0.4 is 5.32 Å². The Morgan fingerprint density at radius 1 is 1.45 bits per heavy atom. The summed E-state index contributed by atoms with van der Waals surface area (Å²) in [6, 6.07) is 1.57. The molecule has 1 fully saturated rings. The molecule has 2 rings (SSSR count). The lowest BCUT2D eigenvalue weighted by molar-refractivity contribution is 0.0942. The normalized spacial score (nSPS) is 20.6. The number of amides is 1. The molecule has 1 aliphatic rings. The first-order valence-corrected chi connectivity index (χ1v) is 8.46. The van der Waals surface area contributed by atoms with Crippen LogP contribution in [0.25, 0.3) is 0 Å². The Morgan fingerprint density at radius 2 is 2.00 bits per heavy atom. The number of benzene rings is 1. The Labute approximate surface area is 125 Å². The molecular weight excluding hydrogens is 328 g/mol. The van der Waals surface area contributed by atoms with Crippen LogP contribution in [0, 0.1) is 11.2 Å². The van der Waals surface area contributed by atoms with Crippen LogP contribution in [0.1, 0.15) is 30.6 Å². The lowest BCUT2D eigenvalue weighted by Crippen LogP contribution is -2.29. The van der Waals surface area contributed by atoms with E-state index in [-0.39, 0.29) is 16.5 Å². The second-order valence-electron chi connectivity index (χ2n) is 5.42. The van der Waals surface area contributed by atoms with Crippen molar-refractivity contribution in [1.82, 2.24) is 5.32 Å². The van der Waals surface area contributed by atoms with Gasteiger partial charge in [0.05, 0.1) is 10.6 Å². The fraction of sp³-hybridized carbons (Fsp3) is 0.417. The van der Waals surface area contributed by atoms with Gasteiger partial charge in [-0.3, -0.25) is 4.79 Å². The van der Waals surface area contributed by atoms with Crippen LogP contribution in [-0.2, 0) is 9.05 Å². The predicted octanol–water partition coefficient (Wildman–Crippen LogP) is 2.93. The average Bonchev–Trinajstić information content (AvgIpc) is 2.83. The summed E-state index contributed by atoms with van der Waals surface area (Å²) in [6.45, 7) is 3.93. The summed E-state index contributed by atoms with van der Waals surface area (Å²) in [5.74, 6) is -1.58. The minimum Gasteiger partial charge on any atom is -0.349 e. The molecule has 1 aromatic carbocycles. The van der Waals surface area contributed by atoms with E-state index in [4.69, 9.17) is 22.3 Å². The maximum Gasteiger partial charge on any atom is 0.262 e. The summed E-state index contributed by atoms with van der Waals surface area (Å²) >= 11 is 5.62. The molecule has 20 heavy (non-hydrogen) atoms. The quantitative estimate of drug-likeness (QED) is 0.861. The van der Waals surface area contributed by atoms with Crippen molar-refractivity contribution < 1.29 is 17.6 Å². The third-order valence-electron chi connectivity index (χ3n) is 3.35. The van der Waals surface area contributed by atoms with Gasteiger partial charge in [-0.1, -0.05) is 25.4 Å². The summed E-state index contributed by atoms with van der Waals surface area (Å²) in [6.07, 6.45) is 0.786. The molecule has 0 spiro atoms. The van der Waals surface area contributed by atoms with Crippen molar-refractivity contribution in [3.63, 3.8) is 0 Å². The number of halogens is 3. The van der Waals surface area contributed by atoms with Crippen LogP contribution in [0.5, 0.6) is 0 Å². The van der Waals surface area contributed by atoms with Gasteiger partial charge in [0.1, 0.15) is 10.7 Å². The molecule has 8 heteroatoms. The smallest absolute Gasteiger partial charge is 0.262 e. The molecule has 1 atom stereocenters. The van der Waals surface area contributed by atoms with Gasteiger partial charge in [0, 0.05) is 16.7 Å². The summed E-state index contributed by atoms with van der Waals surface area (Å²) in [5, 5.41) is 2.28. The van der Waals surface area contributed by atoms with E-state index >= 15 is 0 Å². The largest absolute Gasteiger partial charge is 0.349 e. The number of hydrogen-bond donors (Lipinski definition) is 1. The fourth-order valence-corrected chi connectivity index (χ4v) is 3.35. The average molecular weight is 340 g/mol. The molecular formula is C12H12Cl2FNO3S. The van der Waals surface area contributed by atoms with Crippen molar-refractivity contribution >= 4 is 37.2 Å². The summed E-state index contributed by atoms with van der Waals surface area (Å²) < 4.78 is 36.4. The van der Waals surface area contributed by atoms with E-state index in [1.807, 2.05) is 13.8 Å². The maximum atomic E-state index is 13.7. The van der Waals surface area contributed by atoms with Crippen LogP contribution >= 0.6 is 22.3 Å². The highest BCUT2D eigenvalue weighted by atomic mass is 35.7. The maximum absolute atomic E-state index is 13.7. The molecule has 1 N–H and O–H groups in total. The van der Waals surface area contributed by atoms with E-state index in [0.29, 0.717) is 0 Å². The molecule has 0 aromatic heterocycles. The highest BCUT2D eigenvalue weighted by Crippen LogP contribution is 2.44. The van der Waals surface area contributed by atoms with Crippen molar-refractivity contribution in [1.29, 1.82) is 0 Å². The number of carbonyl (C=O) groups is 1. The highest BCUT2D eigenvalue weighted by molar-refractivity contribution is 8.13. The summed E-state index contributed by atoms with van der Waals surface area (Å²) in [4.78, 5) is 11.5. The highest BCUT2D eigenvalue weighted by Gasteiger charge is 2.46. The fourth-order valence-electron chi connectivity index (χ4n) is 1.84. The molecule has 1 unspecified atom stereocenters. The number of carbonyl (C=O) groups excluding carboxylic acids is 1. The number of rotatable bonds is 3. The van der Waals surface area contributed by atoms with Crippen molar-refractivity contribution in [2.45, 2.75) is 31.2 Å². The second-order valence-corrected chi connectivity index (χ2v) is 8.36. The van der Waals surface area contributed by atoms with Crippen LogP contribution in [0.2, 0.25) is 5.02 Å². The van der Waals surface area contributed by atoms with Crippen LogP contribution in [0.4, 0.5) is 4.39 Å². The van der Waals surface area contributed by atoms with Crippen molar-refractivity contribution in [3.8, 4) is 0 Å². The molecule has 0 aliphatic heterocycles. The van der Waals surface area contributed by atoms with Crippen LogP contribution in [0.15, 0.2) is 17.0 Å². The minimum atomic E-state index is -4.15. The molecule has 0 radical (unpaired) electrons. The Morgan fingerprint density at radius 3 is 2.45 bits per heavy atom. The third kappa shape index (κ3) is 3.07. The molecule has 1 amide bonds. The Hall–Kier alpha value is -0.850. The third-order valence-corrected chi connectivity index (χ3v) is 5.13. The molecule has 0 heterocycles. The zero-order chi connectivity index (χ0) is 15.3. The van der Waals surface area contributed by atoms with Gasteiger partial charge in [0.25, 0.3) is 15.0 Å². The van der Waals surface area contributed by atoms with Gasteiger partial charge in [0.15, 0.2) is 0 Å². The van der Waals surface area contributed by atoms with E-state index < -0.39 is 31.2 Å². The van der Waals surface area contributed by atoms with Gasteiger partial charge in [-0.05, 0) is 24.0 Å². The Kier molecular flexibility index (Phi) is 3.77. The molecule has 1 aliphatic carbocycles. The van der Waals surface area contributed by atoms with Crippen molar-refractivity contribution in [3.05, 3.63) is 28.5 Å². The Balaban J connectivity index is 2.34.